The third-order valence-corrected chi connectivity index (χ3v) is 2.67. The van der Waals surface area contributed by atoms with Gasteiger partial charge in [-0.05, 0) is 55.6 Å². The predicted molar refractivity (Wildman–Crippen MR) is 67.8 cm³/mol. The van der Waals surface area contributed by atoms with Gasteiger partial charge in [-0.2, -0.15) is 4.98 Å². The molecular weight excluding hydrogens is 236 g/mol. The van der Waals surface area contributed by atoms with E-state index in [9.17, 15) is 0 Å². The molecule has 0 unspecified atom stereocenters. The van der Waals surface area contributed by atoms with Gasteiger partial charge in [0.15, 0.2) is 0 Å². The molecule has 0 N–H and O–H groups in total. The van der Waals surface area contributed by atoms with Crippen LogP contribution in [0, 0.1) is 20.8 Å². The highest BCUT2D eigenvalue weighted by Crippen LogP contribution is 2.23. The van der Waals surface area contributed by atoms with E-state index in [2.05, 4.69) is 16.9 Å². The van der Waals surface area contributed by atoms with Gasteiger partial charge in [0.1, 0.15) is 5.75 Å². The van der Waals surface area contributed by atoms with Crippen molar-refractivity contribution in [2.45, 2.75) is 20.8 Å². The lowest BCUT2D eigenvalue weighted by Gasteiger charge is -2.07. The van der Waals surface area contributed by atoms with Crippen molar-refractivity contribution in [3.05, 3.63) is 46.4 Å². The number of ether oxygens (including phenoxy) is 1. The molecule has 88 valence electrons. The minimum absolute atomic E-state index is 0.198. The standard InChI is InChI=1S/C13H13ClN2O/c1-8-4-5-11(6-9(8)2)17-12-7-10(3)15-13(14)16-12/h4-7H,1-3H3. The van der Waals surface area contributed by atoms with E-state index in [1.165, 1.54) is 11.1 Å². The van der Waals surface area contributed by atoms with Gasteiger partial charge in [-0.3, -0.25) is 0 Å². The molecule has 0 radical (unpaired) electrons. The number of hydrogen-bond donors (Lipinski definition) is 0. The molecule has 17 heavy (non-hydrogen) atoms. The quantitative estimate of drug-likeness (QED) is 0.758. The molecule has 0 bridgehead atoms. The van der Waals surface area contributed by atoms with Crippen LogP contribution in [0.25, 0.3) is 0 Å². The van der Waals surface area contributed by atoms with Crippen LogP contribution in [0.5, 0.6) is 11.6 Å². The van der Waals surface area contributed by atoms with Crippen LogP contribution >= 0.6 is 11.6 Å². The molecule has 0 saturated heterocycles. The van der Waals surface area contributed by atoms with E-state index < -0.39 is 0 Å². The molecule has 0 aliphatic carbocycles. The average molecular weight is 249 g/mol. The van der Waals surface area contributed by atoms with Crippen LogP contribution in [-0.4, -0.2) is 9.97 Å². The topological polar surface area (TPSA) is 35.0 Å². The van der Waals surface area contributed by atoms with Crippen molar-refractivity contribution in [2.75, 3.05) is 0 Å². The van der Waals surface area contributed by atoms with Crippen molar-refractivity contribution in [1.29, 1.82) is 0 Å². The molecule has 0 fully saturated rings. The first-order chi connectivity index (χ1) is 8.04. The summed E-state index contributed by atoms with van der Waals surface area (Å²) in [7, 11) is 0. The number of rotatable bonds is 2. The van der Waals surface area contributed by atoms with E-state index in [0.29, 0.717) is 5.88 Å². The smallest absolute Gasteiger partial charge is 0.225 e. The van der Waals surface area contributed by atoms with Crippen molar-refractivity contribution >= 4 is 11.6 Å². The van der Waals surface area contributed by atoms with Gasteiger partial charge in [-0.15, -0.1) is 0 Å². The summed E-state index contributed by atoms with van der Waals surface area (Å²) < 4.78 is 5.64. The number of aryl methyl sites for hydroxylation is 3. The van der Waals surface area contributed by atoms with Crippen LogP contribution in [0.3, 0.4) is 0 Å². The highest BCUT2D eigenvalue weighted by atomic mass is 35.5. The van der Waals surface area contributed by atoms with Gasteiger partial charge in [0, 0.05) is 11.8 Å². The summed E-state index contributed by atoms with van der Waals surface area (Å²) in [5, 5.41) is 0.198. The first kappa shape index (κ1) is 11.9. The molecule has 2 aromatic rings. The summed E-state index contributed by atoms with van der Waals surface area (Å²) in [5.41, 5.74) is 3.19. The van der Waals surface area contributed by atoms with Crippen LogP contribution < -0.4 is 4.74 Å². The van der Waals surface area contributed by atoms with E-state index in [0.717, 1.165) is 11.4 Å². The minimum Gasteiger partial charge on any atom is -0.439 e. The summed E-state index contributed by atoms with van der Waals surface area (Å²) >= 11 is 5.77. The van der Waals surface area contributed by atoms with Crippen molar-refractivity contribution in [3.8, 4) is 11.6 Å². The van der Waals surface area contributed by atoms with Crippen LogP contribution in [-0.2, 0) is 0 Å². The number of halogens is 1. The lowest BCUT2D eigenvalue weighted by Crippen LogP contribution is -1.93. The second-order valence-electron chi connectivity index (χ2n) is 3.96. The lowest BCUT2D eigenvalue weighted by molar-refractivity contribution is 0.460. The normalized spacial score (nSPS) is 10.4. The largest absolute Gasteiger partial charge is 0.439 e. The molecule has 2 rings (SSSR count). The molecule has 0 aliphatic rings. The molecule has 0 saturated carbocycles. The number of benzene rings is 1. The van der Waals surface area contributed by atoms with E-state index in [4.69, 9.17) is 16.3 Å². The van der Waals surface area contributed by atoms with Gasteiger partial charge in [0.05, 0.1) is 0 Å². The number of hydrogen-bond acceptors (Lipinski definition) is 3. The van der Waals surface area contributed by atoms with Crippen LogP contribution in [0.15, 0.2) is 24.3 Å². The van der Waals surface area contributed by atoms with Gasteiger partial charge in [0.25, 0.3) is 0 Å². The fourth-order valence-electron chi connectivity index (χ4n) is 1.46. The summed E-state index contributed by atoms with van der Waals surface area (Å²) in [6.07, 6.45) is 0. The van der Waals surface area contributed by atoms with E-state index in [1.54, 1.807) is 6.07 Å². The average Bonchev–Trinajstić information content (AvgIpc) is 2.22. The maximum absolute atomic E-state index is 5.77. The maximum atomic E-state index is 5.77. The fraction of sp³-hybridized carbons (Fsp3) is 0.231. The number of nitrogens with zero attached hydrogens (tertiary/aromatic N) is 2. The molecule has 1 aromatic carbocycles. The predicted octanol–water partition coefficient (Wildman–Crippen LogP) is 3.85. The summed E-state index contributed by atoms with van der Waals surface area (Å²) in [6.45, 7) is 5.95. The Morgan fingerprint density at radius 2 is 1.76 bits per heavy atom. The van der Waals surface area contributed by atoms with E-state index >= 15 is 0 Å². The highest BCUT2D eigenvalue weighted by molar-refractivity contribution is 6.28. The van der Waals surface area contributed by atoms with Crippen LogP contribution in [0.4, 0.5) is 0 Å². The lowest BCUT2D eigenvalue weighted by atomic mass is 10.1. The zero-order valence-corrected chi connectivity index (χ0v) is 10.7. The summed E-state index contributed by atoms with van der Waals surface area (Å²) in [6, 6.07) is 7.65. The SMILES string of the molecule is Cc1cc(Oc2ccc(C)c(C)c2)nc(Cl)n1. The van der Waals surface area contributed by atoms with Crippen molar-refractivity contribution in [1.82, 2.24) is 9.97 Å². The molecule has 1 heterocycles. The van der Waals surface area contributed by atoms with Crippen molar-refractivity contribution < 1.29 is 4.74 Å². The van der Waals surface area contributed by atoms with Crippen LogP contribution in [0.2, 0.25) is 5.28 Å². The zero-order chi connectivity index (χ0) is 12.4. The monoisotopic (exact) mass is 248 g/mol. The van der Waals surface area contributed by atoms with Crippen LogP contribution in [0.1, 0.15) is 16.8 Å². The van der Waals surface area contributed by atoms with Gasteiger partial charge in [-0.1, -0.05) is 6.07 Å². The Morgan fingerprint density at radius 3 is 2.41 bits per heavy atom. The van der Waals surface area contributed by atoms with Crippen molar-refractivity contribution in [3.63, 3.8) is 0 Å². The molecule has 0 atom stereocenters. The number of aromatic nitrogens is 2. The third-order valence-electron chi connectivity index (χ3n) is 2.50. The summed E-state index contributed by atoms with van der Waals surface area (Å²) in [4.78, 5) is 8.00. The Hall–Kier alpha value is -1.61. The maximum Gasteiger partial charge on any atom is 0.225 e. The molecule has 0 amide bonds. The fourth-order valence-corrected chi connectivity index (χ4v) is 1.67. The second-order valence-corrected chi connectivity index (χ2v) is 4.30. The highest BCUT2D eigenvalue weighted by Gasteiger charge is 2.03. The first-order valence-corrected chi connectivity index (χ1v) is 5.69. The third kappa shape index (κ3) is 2.94. The molecule has 3 nitrogen and oxygen atoms in total. The Morgan fingerprint density at radius 1 is 1.00 bits per heavy atom. The molecule has 0 spiro atoms. The van der Waals surface area contributed by atoms with Gasteiger partial charge in [-0.25, -0.2) is 4.98 Å². The Bertz CT molecular complexity index is 535. The Balaban J connectivity index is 2.28. The second kappa shape index (κ2) is 4.72. The first-order valence-electron chi connectivity index (χ1n) is 5.31. The molecule has 1 aromatic heterocycles. The van der Waals surface area contributed by atoms with Gasteiger partial charge in [0.2, 0.25) is 11.2 Å². The molecule has 4 heteroatoms. The van der Waals surface area contributed by atoms with E-state index in [1.807, 2.05) is 32.0 Å². The zero-order valence-electron chi connectivity index (χ0n) is 9.99. The van der Waals surface area contributed by atoms with Crippen molar-refractivity contribution in [2.24, 2.45) is 0 Å². The molecule has 0 aliphatic heterocycles. The van der Waals surface area contributed by atoms with Gasteiger partial charge < -0.3 is 4.74 Å². The summed E-state index contributed by atoms with van der Waals surface area (Å²) in [5.74, 6) is 1.22. The Kier molecular flexibility index (Phi) is 3.29. The van der Waals surface area contributed by atoms with E-state index in [-0.39, 0.29) is 5.28 Å². The molecular formula is C13H13ClN2O. The minimum atomic E-state index is 0.198. The van der Waals surface area contributed by atoms with Gasteiger partial charge >= 0.3 is 0 Å². The Labute approximate surface area is 105 Å².